The van der Waals surface area contributed by atoms with Gasteiger partial charge in [-0.3, -0.25) is 10.1 Å². The van der Waals surface area contributed by atoms with Gasteiger partial charge in [0.15, 0.2) is 12.4 Å². The maximum absolute atomic E-state index is 11.2. The van der Waals surface area contributed by atoms with Gasteiger partial charge in [-0.2, -0.15) is 0 Å². The molecule has 0 heterocycles. The molecule has 0 atom stereocenters. The van der Waals surface area contributed by atoms with Crippen molar-refractivity contribution in [1.82, 2.24) is 0 Å². The Hall–Kier alpha value is -2.11. The van der Waals surface area contributed by atoms with Gasteiger partial charge in [0.2, 0.25) is 0 Å². The predicted octanol–water partition coefficient (Wildman–Crippen LogP) is 1.93. The van der Waals surface area contributed by atoms with Crippen LogP contribution in [0.1, 0.15) is 13.8 Å². The first kappa shape index (κ1) is 13.0. The zero-order valence-electron chi connectivity index (χ0n) is 9.58. The predicted molar refractivity (Wildman–Crippen MR) is 59.8 cm³/mol. The number of nitro benzene ring substituents is 1. The number of hydrogen-bond acceptors (Lipinski definition) is 5. The van der Waals surface area contributed by atoms with E-state index in [1.807, 2.05) is 0 Å². The van der Waals surface area contributed by atoms with Crippen LogP contribution in [0.15, 0.2) is 24.3 Å². The van der Waals surface area contributed by atoms with Gasteiger partial charge in [-0.1, -0.05) is 12.1 Å². The van der Waals surface area contributed by atoms with Crippen molar-refractivity contribution < 1.29 is 19.2 Å². The molecule has 0 aromatic heterocycles. The average Bonchev–Trinajstić information content (AvgIpc) is 2.25. The summed E-state index contributed by atoms with van der Waals surface area (Å²) in [5, 5.41) is 10.7. The molecule has 0 bridgehead atoms. The summed E-state index contributed by atoms with van der Waals surface area (Å²) in [7, 11) is 0. The largest absolute Gasteiger partial charge is 0.475 e. The minimum Gasteiger partial charge on any atom is -0.475 e. The van der Waals surface area contributed by atoms with Gasteiger partial charge >= 0.3 is 11.7 Å². The number of para-hydroxylation sites is 2. The van der Waals surface area contributed by atoms with Gasteiger partial charge in [0.25, 0.3) is 0 Å². The molecule has 0 aliphatic rings. The van der Waals surface area contributed by atoms with Gasteiger partial charge in [-0.15, -0.1) is 0 Å². The maximum atomic E-state index is 11.2. The van der Waals surface area contributed by atoms with Crippen molar-refractivity contribution in [3.8, 4) is 5.75 Å². The molecule has 1 aromatic carbocycles. The molecule has 0 radical (unpaired) electrons. The number of ether oxygens (including phenoxy) is 2. The number of rotatable bonds is 5. The van der Waals surface area contributed by atoms with Crippen LogP contribution < -0.4 is 4.74 Å². The molecular formula is C11H13NO5. The summed E-state index contributed by atoms with van der Waals surface area (Å²) >= 11 is 0. The quantitative estimate of drug-likeness (QED) is 0.445. The fraction of sp³-hybridized carbons (Fsp3) is 0.364. The fourth-order valence-corrected chi connectivity index (χ4v) is 1.16. The van der Waals surface area contributed by atoms with Crippen molar-refractivity contribution in [1.29, 1.82) is 0 Å². The Morgan fingerprint density at radius 1 is 1.41 bits per heavy atom. The Kier molecular flexibility index (Phi) is 4.45. The van der Waals surface area contributed by atoms with Crippen molar-refractivity contribution in [2.45, 2.75) is 20.0 Å². The van der Waals surface area contributed by atoms with E-state index in [2.05, 4.69) is 0 Å². The highest BCUT2D eigenvalue weighted by molar-refractivity contribution is 5.71. The number of hydrogen-bond donors (Lipinski definition) is 0. The SMILES string of the molecule is CC(C)OC(=O)COc1ccccc1[N+](=O)[O-]. The number of nitrogens with zero attached hydrogens (tertiary/aromatic N) is 1. The molecule has 0 unspecified atom stereocenters. The second-order valence-electron chi connectivity index (χ2n) is 3.55. The third-order valence-electron chi connectivity index (χ3n) is 1.77. The Labute approximate surface area is 98.3 Å². The molecule has 0 aliphatic heterocycles. The molecular weight excluding hydrogens is 226 g/mol. The van der Waals surface area contributed by atoms with Crippen molar-refractivity contribution in [3.63, 3.8) is 0 Å². The summed E-state index contributed by atoms with van der Waals surface area (Å²) in [6.07, 6.45) is -0.239. The third kappa shape index (κ3) is 4.10. The molecule has 6 heteroatoms. The van der Waals surface area contributed by atoms with E-state index in [0.717, 1.165) is 0 Å². The molecule has 0 spiro atoms. The molecule has 92 valence electrons. The first-order valence-corrected chi connectivity index (χ1v) is 5.06. The molecule has 0 N–H and O–H groups in total. The van der Waals surface area contributed by atoms with Gasteiger partial charge in [-0.25, -0.2) is 4.79 Å². The summed E-state index contributed by atoms with van der Waals surface area (Å²) < 4.78 is 9.88. The highest BCUT2D eigenvalue weighted by Gasteiger charge is 2.15. The summed E-state index contributed by atoms with van der Waals surface area (Å²) in [6, 6.07) is 5.86. The first-order valence-electron chi connectivity index (χ1n) is 5.06. The van der Waals surface area contributed by atoms with Gasteiger partial charge in [0, 0.05) is 6.07 Å². The van der Waals surface area contributed by atoms with E-state index >= 15 is 0 Å². The lowest BCUT2D eigenvalue weighted by molar-refractivity contribution is -0.385. The highest BCUT2D eigenvalue weighted by atomic mass is 16.6. The molecule has 17 heavy (non-hydrogen) atoms. The zero-order valence-corrected chi connectivity index (χ0v) is 9.58. The van der Waals surface area contributed by atoms with Gasteiger partial charge in [0.05, 0.1) is 11.0 Å². The van der Waals surface area contributed by atoms with E-state index < -0.39 is 10.9 Å². The first-order chi connectivity index (χ1) is 8.00. The summed E-state index contributed by atoms with van der Waals surface area (Å²) in [5.74, 6) is -0.503. The highest BCUT2D eigenvalue weighted by Crippen LogP contribution is 2.25. The number of carbonyl (C=O) groups excluding carboxylic acids is 1. The van der Waals surface area contributed by atoms with Crippen LogP contribution in [-0.4, -0.2) is 23.6 Å². The van der Waals surface area contributed by atoms with Crippen molar-refractivity contribution in [2.75, 3.05) is 6.61 Å². The molecule has 1 aromatic rings. The molecule has 0 amide bonds. The number of carbonyl (C=O) groups is 1. The minimum absolute atomic E-state index is 0.0539. The normalized spacial score (nSPS) is 10.1. The maximum Gasteiger partial charge on any atom is 0.344 e. The van der Waals surface area contributed by atoms with E-state index in [-0.39, 0.29) is 24.1 Å². The fourth-order valence-electron chi connectivity index (χ4n) is 1.16. The van der Waals surface area contributed by atoms with Crippen molar-refractivity contribution in [2.24, 2.45) is 0 Å². The molecule has 6 nitrogen and oxygen atoms in total. The van der Waals surface area contributed by atoms with Crippen LogP contribution in [0, 0.1) is 10.1 Å². The van der Waals surface area contributed by atoms with Crippen LogP contribution in [-0.2, 0) is 9.53 Å². The standard InChI is InChI=1S/C11H13NO5/c1-8(2)17-11(13)7-16-10-6-4-3-5-9(10)12(14)15/h3-6,8H,7H2,1-2H3. The number of benzene rings is 1. The van der Waals surface area contributed by atoms with Crippen LogP contribution in [0.5, 0.6) is 5.75 Å². The van der Waals surface area contributed by atoms with Crippen LogP contribution in [0.4, 0.5) is 5.69 Å². The molecule has 0 saturated carbocycles. The zero-order chi connectivity index (χ0) is 12.8. The smallest absolute Gasteiger partial charge is 0.344 e. The lowest BCUT2D eigenvalue weighted by Gasteiger charge is -2.09. The summed E-state index contributed by atoms with van der Waals surface area (Å²) in [4.78, 5) is 21.3. The molecule has 0 aliphatic carbocycles. The molecule has 1 rings (SSSR count). The van der Waals surface area contributed by atoms with E-state index in [9.17, 15) is 14.9 Å². The monoisotopic (exact) mass is 239 g/mol. The average molecular weight is 239 g/mol. The third-order valence-corrected chi connectivity index (χ3v) is 1.77. The van der Waals surface area contributed by atoms with E-state index in [1.54, 1.807) is 19.9 Å². The Morgan fingerprint density at radius 2 is 2.06 bits per heavy atom. The van der Waals surface area contributed by atoms with Gasteiger partial charge in [0.1, 0.15) is 0 Å². The molecule has 0 fully saturated rings. The topological polar surface area (TPSA) is 78.7 Å². The van der Waals surface area contributed by atoms with E-state index in [0.29, 0.717) is 0 Å². The van der Waals surface area contributed by atoms with E-state index in [4.69, 9.17) is 9.47 Å². The summed E-state index contributed by atoms with van der Waals surface area (Å²) in [6.45, 7) is 3.08. The van der Waals surface area contributed by atoms with Crippen LogP contribution >= 0.6 is 0 Å². The number of nitro groups is 1. The lowest BCUT2D eigenvalue weighted by atomic mass is 10.3. The lowest BCUT2D eigenvalue weighted by Crippen LogP contribution is -2.19. The van der Waals surface area contributed by atoms with Gasteiger partial charge < -0.3 is 9.47 Å². The van der Waals surface area contributed by atoms with Crippen molar-refractivity contribution in [3.05, 3.63) is 34.4 Å². The van der Waals surface area contributed by atoms with Crippen molar-refractivity contribution >= 4 is 11.7 Å². The minimum atomic E-state index is -0.566. The van der Waals surface area contributed by atoms with Gasteiger partial charge in [-0.05, 0) is 19.9 Å². The van der Waals surface area contributed by atoms with E-state index in [1.165, 1.54) is 18.2 Å². The number of esters is 1. The van der Waals surface area contributed by atoms with Crippen LogP contribution in [0.3, 0.4) is 0 Å². The van der Waals surface area contributed by atoms with Crippen LogP contribution in [0.25, 0.3) is 0 Å². The second kappa shape index (κ2) is 5.83. The second-order valence-corrected chi connectivity index (χ2v) is 3.55. The molecule has 0 saturated heterocycles. The Bertz CT molecular complexity index is 416. The Balaban J connectivity index is 2.63. The Morgan fingerprint density at radius 3 is 2.65 bits per heavy atom. The van der Waals surface area contributed by atoms with Crippen LogP contribution in [0.2, 0.25) is 0 Å². The summed E-state index contributed by atoms with van der Waals surface area (Å²) in [5.41, 5.74) is -0.176.